The van der Waals surface area contributed by atoms with Crippen LogP contribution in [0.4, 0.5) is 23.1 Å². The number of halogens is 1. The van der Waals surface area contributed by atoms with Crippen LogP contribution in [-0.2, 0) is 13.5 Å². The number of nitrogens with zero attached hydrogens (tertiary/aromatic N) is 4. The standard InChI is InChI=1S/C26H36ClN7/c1-16(2)6-7-20-13-21(19-8-10-28-11-9-19)17(3)12-23(20)31-26-29-14-22(27)25(32-26)30-24-15-34(5)33-18(24)4/h12-16,19,28H,6-11H2,1-5H3,(H2,29,30,31,32). The smallest absolute Gasteiger partial charge is 0.229 e. The van der Waals surface area contributed by atoms with E-state index in [1.54, 1.807) is 10.9 Å². The molecule has 1 aliphatic rings. The van der Waals surface area contributed by atoms with Gasteiger partial charge in [-0.1, -0.05) is 31.5 Å². The highest BCUT2D eigenvalue weighted by Crippen LogP contribution is 2.34. The maximum atomic E-state index is 6.41. The zero-order valence-electron chi connectivity index (χ0n) is 20.9. The van der Waals surface area contributed by atoms with E-state index in [1.165, 1.54) is 29.5 Å². The summed E-state index contributed by atoms with van der Waals surface area (Å²) in [6, 6.07) is 4.69. The largest absolute Gasteiger partial charge is 0.336 e. The Kier molecular flexibility index (Phi) is 7.73. The second kappa shape index (κ2) is 10.7. The summed E-state index contributed by atoms with van der Waals surface area (Å²) in [4.78, 5) is 9.14. The first-order chi connectivity index (χ1) is 16.3. The number of rotatable bonds is 8. The summed E-state index contributed by atoms with van der Waals surface area (Å²) >= 11 is 6.41. The molecular weight excluding hydrogens is 446 g/mol. The lowest BCUT2D eigenvalue weighted by Crippen LogP contribution is -2.27. The number of benzene rings is 1. The van der Waals surface area contributed by atoms with Crippen LogP contribution >= 0.6 is 11.6 Å². The van der Waals surface area contributed by atoms with E-state index in [1.807, 2.05) is 20.2 Å². The first-order valence-electron chi connectivity index (χ1n) is 12.2. The highest BCUT2D eigenvalue weighted by atomic mass is 35.5. The number of nitrogens with one attached hydrogen (secondary N) is 3. The molecule has 0 radical (unpaired) electrons. The third-order valence-electron chi connectivity index (χ3n) is 6.52. The van der Waals surface area contributed by atoms with Crippen LogP contribution in [-0.4, -0.2) is 32.8 Å². The first-order valence-corrected chi connectivity index (χ1v) is 12.6. The van der Waals surface area contributed by atoms with Crippen LogP contribution in [0.5, 0.6) is 0 Å². The van der Waals surface area contributed by atoms with E-state index >= 15 is 0 Å². The van der Waals surface area contributed by atoms with Gasteiger partial charge in [-0.3, -0.25) is 4.68 Å². The predicted octanol–water partition coefficient (Wildman–Crippen LogP) is 6.02. The zero-order chi connectivity index (χ0) is 24.2. The fourth-order valence-corrected chi connectivity index (χ4v) is 4.74. The van der Waals surface area contributed by atoms with Gasteiger partial charge in [0.1, 0.15) is 5.02 Å². The molecule has 0 bridgehead atoms. The average molecular weight is 482 g/mol. The lowest BCUT2D eigenvalue weighted by atomic mass is 9.85. The normalized spacial score (nSPS) is 14.6. The molecule has 182 valence electrons. The van der Waals surface area contributed by atoms with E-state index in [2.05, 4.69) is 63.9 Å². The van der Waals surface area contributed by atoms with Gasteiger partial charge in [-0.2, -0.15) is 10.1 Å². The molecule has 3 heterocycles. The highest BCUT2D eigenvalue weighted by Gasteiger charge is 2.20. The molecule has 0 amide bonds. The summed E-state index contributed by atoms with van der Waals surface area (Å²) < 4.78 is 1.76. The van der Waals surface area contributed by atoms with Crippen molar-refractivity contribution < 1.29 is 0 Å². The molecule has 3 aromatic rings. The molecular formula is C26H36ClN7. The molecule has 34 heavy (non-hydrogen) atoms. The van der Waals surface area contributed by atoms with Crippen LogP contribution < -0.4 is 16.0 Å². The van der Waals surface area contributed by atoms with Crippen molar-refractivity contribution in [2.24, 2.45) is 13.0 Å². The van der Waals surface area contributed by atoms with Crippen LogP contribution in [0.2, 0.25) is 5.02 Å². The number of aromatic nitrogens is 4. The zero-order valence-corrected chi connectivity index (χ0v) is 21.6. The van der Waals surface area contributed by atoms with Crippen LogP contribution in [0.15, 0.2) is 24.5 Å². The van der Waals surface area contributed by atoms with E-state index in [4.69, 9.17) is 11.6 Å². The Morgan fingerprint density at radius 1 is 1.15 bits per heavy atom. The van der Waals surface area contributed by atoms with Crippen LogP contribution in [0, 0.1) is 19.8 Å². The van der Waals surface area contributed by atoms with Gasteiger partial charge in [0.25, 0.3) is 0 Å². The Morgan fingerprint density at radius 2 is 1.91 bits per heavy atom. The lowest BCUT2D eigenvalue weighted by Gasteiger charge is -2.26. The van der Waals surface area contributed by atoms with Crippen molar-refractivity contribution in [3.05, 3.63) is 51.9 Å². The summed E-state index contributed by atoms with van der Waals surface area (Å²) in [6.07, 6.45) is 8.09. The molecule has 0 atom stereocenters. The lowest BCUT2D eigenvalue weighted by molar-refractivity contribution is 0.459. The Balaban J connectivity index is 1.62. The molecule has 1 saturated heterocycles. The van der Waals surface area contributed by atoms with E-state index in [0.29, 0.717) is 28.6 Å². The van der Waals surface area contributed by atoms with Gasteiger partial charge >= 0.3 is 0 Å². The van der Waals surface area contributed by atoms with Crippen LogP contribution in [0.3, 0.4) is 0 Å². The average Bonchev–Trinajstić information content (AvgIpc) is 3.12. The Bertz CT molecular complexity index is 1130. The molecule has 0 unspecified atom stereocenters. The Morgan fingerprint density at radius 3 is 2.59 bits per heavy atom. The number of hydrogen-bond acceptors (Lipinski definition) is 6. The van der Waals surface area contributed by atoms with E-state index in [9.17, 15) is 0 Å². The summed E-state index contributed by atoms with van der Waals surface area (Å²) in [7, 11) is 1.89. The summed E-state index contributed by atoms with van der Waals surface area (Å²) in [5.74, 6) is 2.34. The fourth-order valence-electron chi connectivity index (χ4n) is 4.60. The second-order valence-electron chi connectivity index (χ2n) is 9.76. The van der Waals surface area contributed by atoms with Gasteiger partial charge in [-0.05, 0) is 87.2 Å². The number of aryl methyl sites for hydroxylation is 4. The minimum Gasteiger partial charge on any atom is -0.336 e. The fraction of sp³-hybridized carbons (Fsp3) is 0.500. The first kappa shape index (κ1) is 24.5. The number of piperidine rings is 1. The van der Waals surface area contributed by atoms with E-state index in [0.717, 1.165) is 43.0 Å². The van der Waals surface area contributed by atoms with Crippen molar-refractivity contribution in [2.75, 3.05) is 23.7 Å². The molecule has 8 heteroatoms. The third-order valence-corrected chi connectivity index (χ3v) is 6.80. The highest BCUT2D eigenvalue weighted by molar-refractivity contribution is 6.32. The number of hydrogen-bond donors (Lipinski definition) is 3. The van der Waals surface area contributed by atoms with Crippen molar-refractivity contribution in [3.63, 3.8) is 0 Å². The molecule has 1 fully saturated rings. The van der Waals surface area contributed by atoms with Gasteiger partial charge in [0.05, 0.1) is 17.6 Å². The van der Waals surface area contributed by atoms with Gasteiger partial charge in [-0.15, -0.1) is 0 Å². The van der Waals surface area contributed by atoms with Crippen molar-refractivity contribution >= 4 is 34.7 Å². The summed E-state index contributed by atoms with van der Waals surface area (Å²) in [6.45, 7) is 10.9. The molecule has 2 aromatic heterocycles. The SMILES string of the molecule is Cc1cc(Nc2ncc(Cl)c(Nc3cn(C)nc3C)n2)c(CCC(C)C)cc1C1CCNCC1. The molecule has 3 N–H and O–H groups in total. The van der Waals surface area contributed by atoms with Crippen LogP contribution in [0.1, 0.15) is 61.4 Å². The third kappa shape index (κ3) is 5.88. The topological polar surface area (TPSA) is 79.7 Å². The van der Waals surface area contributed by atoms with Gasteiger partial charge < -0.3 is 16.0 Å². The van der Waals surface area contributed by atoms with Gasteiger partial charge in [0.2, 0.25) is 5.95 Å². The summed E-state index contributed by atoms with van der Waals surface area (Å²) in [5, 5.41) is 15.1. The van der Waals surface area contributed by atoms with E-state index in [-0.39, 0.29) is 0 Å². The quantitative estimate of drug-likeness (QED) is 0.365. The summed E-state index contributed by atoms with van der Waals surface area (Å²) in [5.41, 5.74) is 6.95. The minimum atomic E-state index is 0.464. The van der Waals surface area contributed by atoms with Crippen molar-refractivity contribution in [3.8, 4) is 0 Å². The Hall–Kier alpha value is -2.64. The van der Waals surface area contributed by atoms with Crippen molar-refractivity contribution in [1.29, 1.82) is 0 Å². The molecule has 0 aliphatic carbocycles. The number of anilines is 4. The maximum absolute atomic E-state index is 6.41. The minimum absolute atomic E-state index is 0.464. The molecule has 1 aromatic carbocycles. The predicted molar refractivity (Wildman–Crippen MR) is 141 cm³/mol. The van der Waals surface area contributed by atoms with Gasteiger partial charge in [-0.25, -0.2) is 4.98 Å². The molecule has 4 rings (SSSR count). The van der Waals surface area contributed by atoms with Gasteiger partial charge in [0, 0.05) is 18.9 Å². The Labute approximate surface area is 207 Å². The molecule has 1 aliphatic heterocycles. The van der Waals surface area contributed by atoms with E-state index < -0.39 is 0 Å². The monoisotopic (exact) mass is 481 g/mol. The molecule has 0 spiro atoms. The van der Waals surface area contributed by atoms with Gasteiger partial charge in [0.15, 0.2) is 5.82 Å². The van der Waals surface area contributed by atoms with Crippen molar-refractivity contribution in [1.82, 2.24) is 25.1 Å². The van der Waals surface area contributed by atoms with Crippen molar-refractivity contribution in [2.45, 2.75) is 59.3 Å². The molecule has 0 saturated carbocycles. The second-order valence-corrected chi connectivity index (χ2v) is 10.2. The maximum Gasteiger partial charge on any atom is 0.229 e. The van der Waals surface area contributed by atoms with Crippen LogP contribution in [0.25, 0.3) is 0 Å². The molecule has 7 nitrogen and oxygen atoms in total.